The van der Waals surface area contributed by atoms with Crippen LogP contribution in [0.3, 0.4) is 0 Å². The molecule has 2 heterocycles. The Morgan fingerprint density at radius 1 is 1.76 bits per heavy atom. The molecule has 2 amide bonds. The Hall–Kier alpha value is -1.85. The highest BCUT2D eigenvalue weighted by Gasteiger charge is 2.28. The fourth-order valence-corrected chi connectivity index (χ4v) is 1.89. The molecule has 0 aliphatic carbocycles. The largest absolute Gasteiger partial charge is 0.355 e. The number of hydrogen-bond donors (Lipinski definition) is 2. The van der Waals surface area contributed by atoms with Crippen molar-refractivity contribution < 1.29 is 9.59 Å². The van der Waals surface area contributed by atoms with Crippen LogP contribution in [-0.4, -0.2) is 34.2 Å². The third-order valence-electron chi connectivity index (χ3n) is 2.76. The first-order valence-electron chi connectivity index (χ1n) is 5.69. The summed E-state index contributed by atoms with van der Waals surface area (Å²) in [6.45, 7) is 3.00. The smallest absolute Gasteiger partial charge is 0.225 e. The number of nitrogens with zero attached hydrogens (tertiary/aromatic N) is 2. The van der Waals surface area contributed by atoms with Gasteiger partial charge in [0.2, 0.25) is 11.8 Å². The Bertz CT molecular complexity index is 402. The van der Waals surface area contributed by atoms with Gasteiger partial charge in [-0.2, -0.15) is 5.10 Å². The van der Waals surface area contributed by atoms with Crippen molar-refractivity contribution in [3.63, 3.8) is 0 Å². The predicted octanol–water partition coefficient (Wildman–Crippen LogP) is -0.476. The normalized spacial score (nSPS) is 21.0. The first-order valence-corrected chi connectivity index (χ1v) is 5.69. The van der Waals surface area contributed by atoms with Crippen LogP contribution in [0.4, 0.5) is 0 Å². The van der Waals surface area contributed by atoms with Crippen LogP contribution in [0.25, 0.3) is 0 Å². The summed E-state index contributed by atoms with van der Waals surface area (Å²) in [4.78, 5) is 22.8. The number of carbonyl (C=O) groups excluding carboxylic acids is 2. The van der Waals surface area contributed by atoms with Gasteiger partial charge in [-0.1, -0.05) is 0 Å². The van der Waals surface area contributed by atoms with E-state index in [1.165, 1.54) is 0 Å². The standard InChI is InChI=1S/C11H16N4O2/c1-8(7-15-4-2-3-13-15)14-11(17)9-5-10(16)12-6-9/h2-4,8-9H,5-7H2,1H3,(H,12,16)(H,14,17). The van der Waals surface area contributed by atoms with E-state index in [1.54, 1.807) is 10.9 Å². The number of aromatic nitrogens is 2. The molecule has 2 unspecified atom stereocenters. The highest BCUT2D eigenvalue weighted by atomic mass is 16.2. The van der Waals surface area contributed by atoms with Gasteiger partial charge in [0.25, 0.3) is 0 Å². The average Bonchev–Trinajstić information content (AvgIpc) is 2.89. The Kier molecular flexibility index (Phi) is 3.41. The molecule has 2 rings (SSSR count). The maximum Gasteiger partial charge on any atom is 0.225 e. The van der Waals surface area contributed by atoms with Crippen LogP contribution in [0.5, 0.6) is 0 Å². The second kappa shape index (κ2) is 4.99. The highest BCUT2D eigenvalue weighted by Crippen LogP contribution is 2.09. The average molecular weight is 236 g/mol. The lowest BCUT2D eigenvalue weighted by Crippen LogP contribution is -2.40. The minimum atomic E-state index is -0.234. The number of amides is 2. The van der Waals surface area contributed by atoms with Gasteiger partial charge in [-0.25, -0.2) is 0 Å². The van der Waals surface area contributed by atoms with Crippen molar-refractivity contribution >= 4 is 11.8 Å². The SMILES string of the molecule is CC(Cn1cccn1)NC(=O)C1CNC(=O)C1. The van der Waals surface area contributed by atoms with Gasteiger partial charge in [-0.3, -0.25) is 14.3 Å². The Morgan fingerprint density at radius 2 is 2.59 bits per heavy atom. The summed E-state index contributed by atoms with van der Waals surface area (Å²) in [7, 11) is 0. The molecule has 0 saturated carbocycles. The summed E-state index contributed by atoms with van der Waals surface area (Å²) in [6.07, 6.45) is 3.84. The molecule has 1 aromatic rings. The third-order valence-corrected chi connectivity index (χ3v) is 2.76. The van der Waals surface area contributed by atoms with Crippen molar-refractivity contribution in [2.24, 2.45) is 5.92 Å². The first-order chi connectivity index (χ1) is 8.15. The monoisotopic (exact) mass is 236 g/mol. The van der Waals surface area contributed by atoms with Crippen molar-refractivity contribution in [3.8, 4) is 0 Å². The fourth-order valence-electron chi connectivity index (χ4n) is 1.89. The zero-order chi connectivity index (χ0) is 12.3. The maximum atomic E-state index is 11.8. The Morgan fingerprint density at radius 3 is 3.18 bits per heavy atom. The van der Waals surface area contributed by atoms with Gasteiger partial charge in [0.05, 0.1) is 12.5 Å². The van der Waals surface area contributed by atoms with Gasteiger partial charge in [0.15, 0.2) is 0 Å². The van der Waals surface area contributed by atoms with E-state index in [0.29, 0.717) is 19.5 Å². The van der Waals surface area contributed by atoms with Crippen LogP contribution < -0.4 is 10.6 Å². The van der Waals surface area contributed by atoms with E-state index in [4.69, 9.17) is 0 Å². The highest BCUT2D eigenvalue weighted by molar-refractivity contribution is 5.89. The molecule has 17 heavy (non-hydrogen) atoms. The molecule has 1 saturated heterocycles. The fraction of sp³-hybridized carbons (Fsp3) is 0.545. The van der Waals surface area contributed by atoms with Crippen LogP contribution in [0.1, 0.15) is 13.3 Å². The molecule has 0 bridgehead atoms. The molecule has 1 fully saturated rings. The molecule has 2 atom stereocenters. The van der Waals surface area contributed by atoms with Gasteiger partial charge >= 0.3 is 0 Å². The number of nitrogens with one attached hydrogen (secondary N) is 2. The summed E-state index contributed by atoms with van der Waals surface area (Å²) >= 11 is 0. The molecular formula is C11H16N4O2. The minimum absolute atomic E-state index is 0.00176. The quantitative estimate of drug-likeness (QED) is 0.741. The molecule has 1 aliphatic rings. The van der Waals surface area contributed by atoms with E-state index < -0.39 is 0 Å². The molecule has 92 valence electrons. The van der Waals surface area contributed by atoms with Crippen molar-refractivity contribution in [3.05, 3.63) is 18.5 Å². The van der Waals surface area contributed by atoms with Crippen molar-refractivity contribution in [2.75, 3.05) is 6.54 Å². The lowest BCUT2D eigenvalue weighted by molar-refractivity contribution is -0.127. The molecule has 1 aromatic heterocycles. The number of hydrogen-bond acceptors (Lipinski definition) is 3. The molecule has 6 heteroatoms. The van der Waals surface area contributed by atoms with Crippen LogP contribution in [0, 0.1) is 5.92 Å². The van der Waals surface area contributed by atoms with Gasteiger partial charge in [-0.15, -0.1) is 0 Å². The minimum Gasteiger partial charge on any atom is -0.355 e. The van der Waals surface area contributed by atoms with E-state index in [0.717, 1.165) is 0 Å². The summed E-state index contributed by atoms with van der Waals surface area (Å²) in [5.74, 6) is -0.351. The van der Waals surface area contributed by atoms with Gasteiger partial charge < -0.3 is 10.6 Å². The van der Waals surface area contributed by atoms with Crippen molar-refractivity contribution in [1.29, 1.82) is 0 Å². The van der Waals surface area contributed by atoms with E-state index in [1.807, 2.05) is 19.2 Å². The topological polar surface area (TPSA) is 76.0 Å². The molecule has 2 N–H and O–H groups in total. The van der Waals surface area contributed by atoms with Crippen LogP contribution in [0.15, 0.2) is 18.5 Å². The second-order valence-electron chi connectivity index (χ2n) is 4.34. The summed E-state index contributed by atoms with van der Waals surface area (Å²) < 4.78 is 1.77. The second-order valence-corrected chi connectivity index (χ2v) is 4.34. The Labute approximate surface area is 99.4 Å². The third kappa shape index (κ3) is 3.05. The summed E-state index contributed by atoms with van der Waals surface area (Å²) in [5.41, 5.74) is 0. The summed E-state index contributed by atoms with van der Waals surface area (Å²) in [6, 6.07) is 1.84. The predicted molar refractivity (Wildman–Crippen MR) is 60.9 cm³/mol. The molecule has 0 aromatic carbocycles. The van der Waals surface area contributed by atoms with E-state index in [9.17, 15) is 9.59 Å². The van der Waals surface area contributed by atoms with E-state index in [-0.39, 0.29) is 23.8 Å². The number of carbonyl (C=O) groups is 2. The lowest BCUT2D eigenvalue weighted by atomic mass is 10.1. The number of rotatable bonds is 4. The molecule has 0 radical (unpaired) electrons. The van der Waals surface area contributed by atoms with Crippen LogP contribution in [-0.2, 0) is 16.1 Å². The van der Waals surface area contributed by atoms with E-state index in [2.05, 4.69) is 15.7 Å². The van der Waals surface area contributed by atoms with Gasteiger partial charge in [0.1, 0.15) is 0 Å². The van der Waals surface area contributed by atoms with Crippen molar-refractivity contribution in [1.82, 2.24) is 20.4 Å². The Balaban J connectivity index is 1.80. The van der Waals surface area contributed by atoms with Crippen LogP contribution in [0.2, 0.25) is 0 Å². The molecule has 1 aliphatic heterocycles. The van der Waals surface area contributed by atoms with Crippen LogP contribution >= 0.6 is 0 Å². The molecular weight excluding hydrogens is 220 g/mol. The molecule has 6 nitrogen and oxygen atoms in total. The molecule has 0 spiro atoms. The van der Waals surface area contributed by atoms with Gasteiger partial charge in [0, 0.05) is 31.4 Å². The van der Waals surface area contributed by atoms with Crippen molar-refractivity contribution in [2.45, 2.75) is 25.9 Å². The van der Waals surface area contributed by atoms with E-state index >= 15 is 0 Å². The lowest BCUT2D eigenvalue weighted by Gasteiger charge is -2.16. The zero-order valence-electron chi connectivity index (χ0n) is 9.72. The maximum absolute atomic E-state index is 11.8. The van der Waals surface area contributed by atoms with Gasteiger partial charge in [-0.05, 0) is 13.0 Å². The zero-order valence-corrected chi connectivity index (χ0v) is 9.72. The first kappa shape index (κ1) is 11.6. The summed E-state index contributed by atoms with van der Waals surface area (Å²) in [5, 5.41) is 9.61.